The normalized spacial score (nSPS) is 8.00. The molecule has 0 N–H and O–H groups in total. The zero-order valence-corrected chi connectivity index (χ0v) is 14.1. The third-order valence-corrected chi connectivity index (χ3v) is 3.85. The largest absolute Gasteiger partial charge is 2.00 e. The van der Waals surface area contributed by atoms with E-state index in [2.05, 4.69) is 60.7 Å². The molecular weight excluding hydrogens is 334 g/mol. The molecule has 0 nitrogen and oxygen atoms in total. The van der Waals surface area contributed by atoms with Crippen molar-refractivity contribution in [3.8, 4) is 0 Å². The van der Waals surface area contributed by atoms with E-state index in [0.717, 1.165) is 0 Å². The Hall–Kier alpha value is 0.120. The van der Waals surface area contributed by atoms with Gasteiger partial charge in [-0.25, -0.2) is 0 Å². The Morgan fingerprint density at radius 2 is 0.875 bits per heavy atom. The van der Waals surface area contributed by atoms with Crippen LogP contribution >= 0.6 is 0 Å². The van der Waals surface area contributed by atoms with Crippen LogP contribution in [0.15, 0.2) is 60.7 Å². The minimum atomic E-state index is -0.234. The van der Waals surface area contributed by atoms with Gasteiger partial charge in [0, 0.05) is 0 Å². The maximum Gasteiger partial charge on any atom is 2.00 e. The summed E-state index contributed by atoms with van der Waals surface area (Å²) >= 11 is 0. The molecule has 0 aliphatic carbocycles. The molecule has 0 atom stereocenters. The first-order valence-electron chi connectivity index (χ1n) is 4.53. The summed E-state index contributed by atoms with van der Waals surface area (Å²) in [5, 5.41) is 3.02. The molecule has 16 heavy (non-hydrogen) atoms. The molecule has 0 saturated carbocycles. The summed E-state index contributed by atoms with van der Waals surface area (Å²) < 4.78 is 0. The van der Waals surface area contributed by atoms with Crippen LogP contribution in [0, 0.1) is 0 Å². The maximum absolute atomic E-state index is 2.22. The third-order valence-electron chi connectivity index (χ3n) is 2.09. The van der Waals surface area contributed by atoms with Crippen molar-refractivity contribution in [2.45, 2.75) is 0 Å². The summed E-state index contributed by atoms with van der Waals surface area (Å²) in [5.41, 5.74) is 0. The van der Waals surface area contributed by atoms with E-state index in [4.69, 9.17) is 0 Å². The van der Waals surface area contributed by atoms with Crippen molar-refractivity contribution in [3.05, 3.63) is 60.7 Å². The molecule has 0 unspecified atom stereocenters. The van der Waals surface area contributed by atoms with Crippen molar-refractivity contribution in [2.75, 3.05) is 0 Å². The first-order chi connectivity index (χ1) is 6.45. The van der Waals surface area contributed by atoms with Gasteiger partial charge in [0.2, 0.25) is 0 Å². The van der Waals surface area contributed by atoms with Crippen LogP contribution in [-0.2, 0) is 26.2 Å². The number of hydrogen-bond donors (Lipinski definition) is 0. The predicted octanol–water partition coefficient (Wildman–Crippen LogP) is -5.19. The van der Waals surface area contributed by atoms with E-state index in [-0.39, 0.29) is 60.5 Å². The molecule has 0 bridgehead atoms. The van der Waals surface area contributed by atoms with E-state index in [1.165, 1.54) is 10.4 Å². The first-order valence-corrected chi connectivity index (χ1v) is 5.94. The van der Waals surface area contributed by atoms with Crippen LogP contribution in [0.2, 0.25) is 0 Å². The molecule has 0 saturated heterocycles. The van der Waals surface area contributed by atoms with Gasteiger partial charge in [-0.15, -0.1) is 0 Å². The Kier molecular flexibility index (Phi) is 11.9. The van der Waals surface area contributed by atoms with Crippen molar-refractivity contribution in [2.24, 2.45) is 0 Å². The van der Waals surface area contributed by atoms with Crippen molar-refractivity contribution in [1.29, 1.82) is 0 Å². The molecule has 2 aromatic carbocycles. The van der Waals surface area contributed by atoms with Gasteiger partial charge in [-0.05, 0) is 0 Å². The Labute approximate surface area is 131 Å². The molecule has 0 aromatic heterocycles. The number of rotatable bonds is 2. The van der Waals surface area contributed by atoms with E-state index in [1.807, 2.05) is 0 Å². The van der Waals surface area contributed by atoms with Gasteiger partial charge in [-0.1, -0.05) is 71.0 Å². The van der Waals surface area contributed by atoms with Crippen LogP contribution in [0.1, 0.15) is 0 Å². The predicted molar refractivity (Wildman–Crippen MR) is 60.7 cm³/mol. The molecule has 82 valence electrons. The van der Waals surface area contributed by atoms with Crippen molar-refractivity contribution < 1.29 is 51.0 Å². The fourth-order valence-electron chi connectivity index (χ4n) is 1.43. The van der Waals surface area contributed by atoms with Crippen LogP contribution < -0.4 is 35.2 Å². The quantitative estimate of drug-likeness (QED) is 0.477. The molecule has 4 heteroatoms. The van der Waals surface area contributed by atoms with Crippen LogP contribution in [0.5, 0.6) is 0 Å². The molecule has 0 spiro atoms. The van der Waals surface area contributed by atoms with Crippen molar-refractivity contribution >= 4 is 19.9 Å². The third kappa shape index (κ3) is 6.00. The average Bonchev–Trinajstić information content (AvgIpc) is 2.21. The van der Waals surface area contributed by atoms with Gasteiger partial charge >= 0.3 is 26.2 Å². The van der Waals surface area contributed by atoms with Crippen LogP contribution in [0.25, 0.3) is 0 Å². The average molecular weight is 346 g/mol. The van der Waals surface area contributed by atoms with E-state index < -0.39 is 0 Å². The van der Waals surface area contributed by atoms with E-state index >= 15 is 0 Å². The molecule has 2 aromatic rings. The molecule has 0 heterocycles. The summed E-state index contributed by atoms with van der Waals surface area (Å²) in [5.74, 6) is 0. The molecule has 2 rings (SSSR count). The SMILES string of the molecule is [Cl-].[Cl-].[Zr+2].c1ccc([SiH2]c2ccccc2)cc1. The van der Waals surface area contributed by atoms with Crippen LogP contribution in [0.3, 0.4) is 0 Å². The molecule has 0 radical (unpaired) electrons. The minimum absolute atomic E-state index is 0. The number of halogens is 2. The topological polar surface area (TPSA) is 0 Å². The van der Waals surface area contributed by atoms with Crippen molar-refractivity contribution in [1.82, 2.24) is 0 Å². The van der Waals surface area contributed by atoms with Crippen LogP contribution in [-0.4, -0.2) is 9.52 Å². The molecule has 0 amide bonds. The Bertz CT molecular complexity index is 330. The Morgan fingerprint density at radius 1 is 0.562 bits per heavy atom. The van der Waals surface area contributed by atoms with Gasteiger partial charge in [0.05, 0.1) is 9.52 Å². The van der Waals surface area contributed by atoms with Gasteiger partial charge in [0.25, 0.3) is 0 Å². The minimum Gasteiger partial charge on any atom is -1.00 e. The molecule has 0 fully saturated rings. The van der Waals surface area contributed by atoms with E-state index in [0.29, 0.717) is 0 Å². The second kappa shape index (κ2) is 10.3. The van der Waals surface area contributed by atoms with E-state index in [1.54, 1.807) is 0 Å². The number of benzene rings is 2. The fraction of sp³-hybridized carbons (Fsp3) is 0. The summed E-state index contributed by atoms with van der Waals surface area (Å²) in [6.45, 7) is 0. The Morgan fingerprint density at radius 3 is 1.19 bits per heavy atom. The summed E-state index contributed by atoms with van der Waals surface area (Å²) in [7, 11) is -0.234. The molecule has 0 aliphatic rings. The second-order valence-electron chi connectivity index (χ2n) is 3.15. The van der Waals surface area contributed by atoms with Crippen molar-refractivity contribution in [3.63, 3.8) is 0 Å². The maximum atomic E-state index is 2.22. The van der Waals surface area contributed by atoms with E-state index in [9.17, 15) is 0 Å². The zero-order chi connectivity index (χ0) is 8.93. The first kappa shape index (κ1) is 18.5. The van der Waals surface area contributed by atoms with Gasteiger partial charge in [0.15, 0.2) is 0 Å². The second-order valence-corrected chi connectivity index (χ2v) is 5.13. The molecule has 0 aliphatic heterocycles. The van der Waals surface area contributed by atoms with Gasteiger partial charge < -0.3 is 24.8 Å². The molecular formula is C12H12Cl2SiZr. The van der Waals surface area contributed by atoms with Gasteiger partial charge in [-0.3, -0.25) is 0 Å². The van der Waals surface area contributed by atoms with Crippen LogP contribution in [0.4, 0.5) is 0 Å². The zero-order valence-electron chi connectivity index (χ0n) is 8.74. The standard InChI is InChI=1S/C12H12Si.2ClH.Zr/c1-3-7-11(8-4-1)13-12-9-5-2-6-10-12;;;/h1-10H,13H2;2*1H;/q;;;+2/p-2. The summed E-state index contributed by atoms with van der Waals surface area (Å²) in [4.78, 5) is 0. The van der Waals surface area contributed by atoms with Gasteiger partial charge in [-0.2, -0.15) is 0 Å². The number of hydrogen-bond acceptors (Lipinski definition) is 0. The summed E-state index contributed by atoms with van der Waals surface area (Å²) in [6, 6.07) is 21.5. The van der Waals surface area contributed by atoms with Gasteiger partial charge in [0.1, 0.15) is 0 Å². The monoisotopic (exact) mass is 344 g/mol. The smallest absolute Gasteiger partial charge is 1.00 e. The fourth-order valence-corrected chi connectivity index (χ4v) is 2.91. The Balaban J connectivity index is 0. The summed E-state index contributed by atoms with van der Waals surface area (Å²) in [6.07, 6.45) is 0.